The molecular weight excluding hydrogens is 328 g/mol. The summed E-state index contributed by atoms with van der Waals surface area (Å²) in [6.07, 6.45) is 2.72. The minimum atomic E-state index is -0.475. The third-order valence-corrected chi connectivity index (χ3v) is 5.40. The van der Waals surface area contributed by atoms with E-state index in [-0.39, 0.29) is 23.8 Å². The third kappa shape index (κ3) is 3.44. The van der Waals surface area contributed by atoms with Gasteiger partial charge in [-0.15, -0.1) is 11.3 Å². The summed E-state index contributed by atoms with van der Waals surface area (Å²) in [6.45, 7) is 0.972. The van der Waals surface area contributed by atoms with Crippen molar-refractivity contribution in [2.75, 3.05) is 13.1 Å². The highest BCUT2D eigenvalue weighted by Crippen LogP contribution is 2.24. The number of nitrogens with zero attached hydrogens (tertiary/aromatic N) is 1. The monoisotopic (exact) mass is 350 g/mol. The van der Waals surface area contributed by atoms with E-state index in [9.17, 15) is 14.4 Å². The van der Waals surface area contributed by atoms with E-state index in [0.717, 1.165) is 12.8 Å². The normalized spacial score (nSPS) is 26.2. The first kappa shape index (κ1) is 16.9. The zero-order valence-electron chi connectivity index (χ0n) is 13.4. The quantitative estimate of drug-likeness (QED) is 0.632. The lowest BCUT2D eigenvalue weighted by Crippen LogP contribution is -2.61. The Morgan fingerprint density at radius 1 is 1.42 bits per heavy atom. The first-order valence-electron chi connectivity index (χ1n) is 8.25. The van der Waals surface area contributed by atoms with E-state index < -0.39 is 12.1 Å². The molecule has 0 radical (unpaired) electrons. The minimum Gasteiger partial charge on any atom is -0.347 e. The molecule has 0 bridgehead atoms. The van der Waals surface area contributed by atoms with Crippen molar-refractivity contribution in [3.05, 3.63) is 22.4 Å². The van der Waals surface area contributed by atoms with Crippen LogP contribution in [0.25, 0.3) is 0 Å². The van der Waals surface area contributed by atoms with E-state index in [1.807, 2.05) is 11.4 Å². The van der Waals surface area contributed by atoms with Gasteiger partial charge in [0.25, 0.3) is 5.91 Å². The lowest BCUT2D eigenvalue weighted by atomic mass is 10.0. The molecule has 0 unspecified atom stereocenters. The highest BCUT2D eigenvalue weighted by Gasteiger charge is 2.46. The van der Waals surface area contributed by atoms with Gasteiger partial charge in [0.1, 0.15) is 12.1 Å². The highest BCUT2D eigenvalue weighted by atomic mass is 32.1. The second kappa shape index (κ2) is 7.31. The van der Waals surface area contributed by atoms with Crippen LogP contribution in [0.1, 0.15) is 35.4 Å². The number of unbranched alkanes of at least 4 members (excludes halogenated alkanes) is 1. The molecule has 3 rings (SSSR count). The number of nitrogens with one attached hydrogen (secondary N) is 2. The van der Waals surface area contributed by atoms with Crippen LogP contribution in [0, 0.1) is 0 Å². The second-order valence-corrected chi connectivity index (χ2v) is 7.18. The molecule has 1 aromatic heterocycles. The first-order chi connectivity index (χ1) is 11.6. The van der Waals surface area contributed by atoms with Gasteiger partial charge in [-0.2, -0.15) is 0 Å². The number of rotatable bonds is 6. The zero-order chi connectivity index (χ0) is 17.1. The van der Waals surface area contributed by atoms with Crippen molar-refractivity contribution < 1.29 is 14.4 Å². The van der Waals surface area contributed by atoms with Crippen molar-refractivity contribution in [3.8, 4) is 0 Å². The number of hydrogen-bond donors (Lipinski definition) is 3. The maximum atomic E-state index is 12.6. The molecule has 3 amide bonds. The standard InChI is InChI=1S/C16H22N4O3S/c17-6-2-1-4-11-16(23)20-9-10(8-12(20)14(21)19-11)18-15(22)13-5-3-7-24-13/h3,5,7,10-12H,1-2,4,6,8-9,17H2,(H,18,22)(H,19,21)/t10-,11-,12-/m0/s1. The molecule has 0 saturated carbocycles. The van der Waals surface area contributed by atoms with Crippen molar-refractivity contribution in [3.63, 3.8) is 0 Å². The van der Waals surface area contributed by atoms with Crippen LogP contribution < -0.4 is 16.4 Å². The van der Waals surface area contributed by atoms with Crippen molar-refractivity contribution >= 4 is 29.1 Å². The van der Waals surface area contributed by atoms with Crippen LogP contribution in [-0.4, -0.2) is 53.8 Å². The number of fused-ring (bicyclic) bond motifs is 1. The van der Waals surface area contributed by atoms with Gasteiger partial charge in [-0.05, 0) is 43.7 Å². The Hall–Kier alpha value is -1.93. The third-order valence-electron chi connectivity index (χ3n) is 4.53. The Bertz CT molecular complexity index is 619. The van der Waals surface area contributed by atoms with E-state index >= 15 is 0 Å². The van der Waals surface area contributed by atoms with Crippen LogP contribution in [0.3, 0.4) is 0 Å². The molecular formula is C16H22N4O3S. The van der Waals surface area contributed by atoms with Gasteiger partial charge in [0.2, 0.25) is 11.8 Å². The molecule has 3 atom stereocenters. The van der Waals surface area contributed by atoms with E-state index in [1.54, 1.807) is 11.0 Å². The van der Waals surface area contributed by atoms with Crippen molar-refractivity contribution in [1.82, 2.24) is 15.5 Å². The number of carbonyl (C=O) groups excluding carboxylic acids is 3. The number of carbonyl (C=O) groups is 3. The number of piperazine rings is 1. The SMILES string of the molecule is NCCCC[C@@H]1NC(=O)[C@@H]2C[C@H](NC(=O)c3cccs3)CN2C1=O. The molecule has 0 spiro atoms. The molecule has 7 nitrogen and oxygen atoms in total. The molecule has 4 N–H and O–H groups in total. The molecule has 0 aromatic carbocycles. The lowest BCUT2D eigenvalue weighted by molar-refractivity contribution is -0.147. The number of thiophene rings is 1. The van der Waals surface area contributed by atoms with Gasteiger partial charge in [0.15, 0.2) is 0 Å². The summed E-state index contributed by atoms with van der Waals surface area (Å²) in [5.41, 5.74) is 5.47. The molecule has 3 heterocycles. The van der Waals surface area contributed by atoms with Gasteiger partial charge in [-0.3, -0.25) is 14.4 Å². The van der Waals surface area contributed by atoms with Gasteiger partial charge >= 0.3 is 0 Å². The van der Waals surface area contributed by atoms with Gasteiger partial charge in [0.05, 0.1) is 4.88 Å². The predicted octanol–water partition coefficient (Wildman–Crippen LogP) is 0.0748. The average molecular weight is 350 g/mol. The maximum Gasteiger partial charge on any atom is 0.261 e. The smallest absolute Gasteiger partial charge is 0.261 e. The number of amides is 3. The van der Waals surface area contributed by atoms with Crippen LogP contribution in [0.5, 0.6) is 0 Å². The molecule has 24 heavy (non-hydrogen) atoms. The van der Waals surface area contributed by atoms with E-state index in [4.69, 9.17) is 5.73 Å². The largest absolute Gasteiger partial charge is 0.347 e. The van der Waals surface area contributed by atoms with Crippen molar-refractivity contribution in [2.45, 2.75) is 43.8 Å². The fourth-order valence-electron chi connectivity index (χ4n) is 3.32. The van der Waals surface area contributed by atoms with Crippen LogP contribution in [0.15, 0.2) is 17.5 Å². The summed E-state index contributed by atoms with van der Waals surface area (Å²) in [5.74, 6) is -0.327. The van der Waals surface area contributed by atoms with Crippen LogP contribution in [0.4, 0.5) is 0 Å². The molecule has 2 aliphatic rings. The molecule has 8 heteroatoms. The Labute approximate surface area is 144 Å². The maximum absolute atomic E-state index is 12.6. The van der Waals surface area contributed by atoms with E-state index in [2.05, 4.69) is 10.6 Å². The summed E-state index contributed by atoms with van der Waals surface area (Å²) in [4.78, 5) is 39.3. The van der Waals surface area contributed by atoms with Gasteiger partial charge in [0, 0.05) is 12.6 Å². The van der Waals surface area contributed by atoms with Crippen LogP contribution in [-0.2, 0) is 9.59 Å². The van der Waals surface area contributed by atoms with Crippen molar-refractivity contribution in [1.29, 1.82) is 0 Å². The Balaban J connectivity index is 1.60. The molecule has 130 valence electrons. The van der Waals surface area contributed by atoms with Gasteiger partial charge in [-0.1, -0.05) is 6.07 Å². The number of hydrogen-bond acceptors (Lipinski definition) is 5. The summed E-state index contributed by atoms with van der Waals surface area (Å²) >= 11 is 1.37. The molecule has 0 aliphatic carbocycles. The fourth-order valence-corrected chi connectivity index (χ4v) is 3.94. The first-order valence-corrected chi connectivity index (χ1v) is 9.13. The topological polar surface area (TPSA) is 105 Å². The molecule has 2 aliphatic heterocycles. The summed E-state index contributed by atoms with van der Waals surface area (Å²) in [7, 11) is 0. The van der Waals surface area contributed by atoms with E-state index in [0.29, 0.717) is 30.8 Å². The molecule has 1 aromatic rings. The zero-order valence-corrected chi connectivity index (χ0v) is 14.2. The predicted molar refractivity (Wildman–Crippen MR) is 90.5 cm³/mol. The molecule has 2 fully saturated rings. The Morgan fingerprint density at radius 2 is 2.25 bits per heavy atom. The second-order valence-electron chi connectivity index (χ2n) is 6.24. The number of nitrogens with two attached hydrogens (primary N) is 1. The van der Waals surface area contributed by atoms with Crippen molar-refractivity contribution in [2.24, 2.45) is 5.73 Å². The summed E-state index contributed by atoms with van der Waals surface area (Å²) in [6, 6.07) is 2.44. The molecule has 2 saturated heterocycles. The lowest BCUT2D eigenvalue weighted by Gasteiger charge is -2.34. The van der Waals surface area contributed by atoms with Crippen LogP contribution >= 0.6 is 11.3 Å². The van der Waals surface area contributed by atoms with Gasteiger partial charge < -0.3 is 21.3 Å². The summed E-state index contributed by atoms with van der Waals surface area (Å²) < 4.78 is 0. The van der Waals surface area contributed by atoms with E-state index in [1.165, 1.54) is 11.3 Å². The van der Waals surface area contributed by atoms with Gasteiger partial charge in [-0.25, -0.2) is 0 Å². The fraction of sp³-hybridized carbons (Fsp3) is 0.562. The average Bonchev–Trinajstić information content (AvgIpc) is 3.22. The summed E-state index contributed by atoms with van der Waals surface area (Å²) in [5, 5.41) is 7.59. The highest BCUT2D eigenvalue weighted by molar-refractivity contribution is 7.12. The minimum absolute atomic E-state index is 0.0514. The van der Waals surface area contributed by atoms with Crippen LogP contribution in [0.2, 0.25) is 0 Å². The Morgan fingerprint density at radius 3 is 2.96 bits per heavy atom. The Kier molecular flexibility index (Phi) is 5.15.